The predicted octanol–water partition coefficient (Wildman–Crippen LogP) is 2.95. The second kappa shape index (κ2) is 4.12. The summed E-state index contributed by atoms with van der Waals surface area (Å²) in [5.74, 6) is -0.319. The number of carbonyl (C=O) groups is 2. The molecule has 0 saturated carbocycles. The first-order valence-corrected chi connectivity index (χ1v) is 6.09. The average Bonchev–Trinajstić information content (AvgIpc) is 2.76. The van der Waals surface area contributed by atoms with Gasteiger partial charge < -0.3 is 4.74 Å². The summed E-state index contributed by atoms with van der Waals surface area (Å²) in [5, 5.41) is 2.73. The van der Waals surface area contributed by atoms with Gasteiger partial charge in [0, 0.05) is 15.5 Å². The topological polar surface area (TPSA) is 43.4 Å². The molecule has 0 N–H and O–H groups in total. The van der Waals surface area contributed by atoms with Crippen molar-refractivity contribution in [3.05, 3.63) is 21.2 Å². The fraction of sp³-hybridized carbons (Fsp3) is 0.200. The molecule has 2 heterocycles. The Labute approximate surface area is 94.3 Å². The first kappa shape index (κ1) is 10.3. The number of thiophene rings is 2. The Balaban J connectivity index is 2.43. The van der Waals surface area contributed by atoms with Gasteiger partial charge in [-0.05, 0) is 13.0 Å². The lowest BCUT2D eigenvalue weighted by Gasteiger charge is -1.96. The van der Waals surface area contributed by atoms with Crippen molar-refractivity contribution in [3.63, 3.8) is 0 Å². The van der Waals surface area contributed by atoms with Crippen LogP contribution in [0, 0.1) is 0 Å². The van der Waals surface area contributed by atoms with E-state index in [1.165, 1.54) is 22.7 Å². The molecule has 2 rings (SSSR count). The van der Waals surface area contributed by atoms with Crippen LogP contribution in [0.2, 0.25) is 0 Å². The molecule has 2 aromatic rings. The Morgan fingerprint density at radius 3 is 3.07 bits per heavy atom. The number of fused-ring (bicyclic) bond motifs is 1. The lowest BCUT2D eigenvalue weighted by Crippen LogP contribution is -2.01. The molecule has 0 atom stereocenters. The van der Waals surface area contributed by atoms with E-state index in [1.54, 1.807) is 13.0 Å². The van der Waals surface area contributed by atoms with Crippen LogP contribution >= 0.6 is 22.7 Å². The lowest BCUT2D eigenvalue weighted by atomic mass is 10.3. The highest BCUT2D eigenvalue weighted by Gasteiger charge is 2.14. The summed E-state index contributed by atoms with van der Waals surface area (Å²) in [6, 6.07) is 1.72. The molecule has 0 aliphatic heterocycles. The molecule has 0 amide bonds. The molecule has 78 valence electrons. The Bertz CT molecular complexity index is 510. The third-order valence-corrected chi connectivity index (χ3v) is 4.04. The number of rotatable bonds is 3. The molecule has 3 nitrogen and oxygen atoms in total. The van der Waals surface area contributed by atoms with E-state index in [1.807, 2.05) is 5.38 Å². The van der Waals surface area contributed by atoms with E-state index in [0.29, 0.717) is 16.4 Å². The summed E-state index contributed by atoms with van der Waals surface area (Å²) >= 11 is 2.75. The van der Waals surface area contributed by atoms with Crippen molar-refractivity contribution in [2.75, 3.05) is 6.61 Å². The van der Waals surface area contributed by atoms with Crippen LogP contribution in [0.3, 0.4) is 0 Å². The highest BCUT2D eigenvalue weighted by molar-refractivity contribution is 7.25. The van der Waals surface area contributed by atoms with Crippen molar-refractivity contribution in [2.45, 2.75) is 6.92 Å². The van der Waals surface area contributed by atoms with Gasteiger partial charge in [-0.25, -0.2) is 4.79 Å². The highest BCUT2D eigenvalue weighted by atomic mass is 32.1. The third-order valence-electron chi connectivity index (χ3n) is 1.90. The third kappa shape index (κ3) is 1.80. The number of ether oxygens (including phenoxy) is 1. The molecule has 2 aromatic heterocycles. The van der Waals surface area contributed by atoms with Crippen molar-refractivity contribution >= 4 is 45.0 Å². The zero-order valence-corrected chi connectivity index (χ0v) is 9.61. The molecule has 15 heavy (non-hydrogen) atoms. The smallest absolute Gasteiger partial charge is 0.348 e. The van der Waals surface area contributed by atoms with Crippen LogP contribution < -0.4 is 0 Å². The maximum absolute atomic E-state index is 11.4. The fourth-order valence-corrected chi connectivity index (χ4v) is 3.21. The standard InChI is InChI=1S/C10H8O3S2/c1-2-13-10(12)7-3-6-8(4-11)14-5-9(6)15-7/h3-5H,2H2,1H3. The SMILES string of the molecule is CCOC(=O)c1cc2c(C=O)scc2s1. The van der Waals surface area contributed by atoms with Gasteiger partial charge in [0.1, 0.15) is 4.88 Å². The number of hydrogen-bond donors (Lipinski definition) is 0. The average molecular weight is 240 g/mol. The number of hydrogen-bond acceptors (Lipinski definition) is 5. The van der Waals surface area contributed by atoms with Crippen LogP contribution in [0.25, 0.3) is 10.1 Å². The molecule has 0 aliphatic rings. The molecule has 0 unspecified atom stereocenters. The van der Waals surface area contributed by atoms with Gasteiger partial charge in [0.15, 0.2) is 6.29 Å². The van der Waals surface area contributed by atoms with Gasteiger partial charge in [0.25, 0.3) is 0 Å². The summed E-state index contributed by atoms with van der Waals surface area (Å²) < 4.78 is 5.85. The number of esters is 1. The van der Waals surface area contributed by atoms with Crippen LogP contribution in [0.5, 0.6) is 0 Å². The number of carbonyl (C=O) groups excluding carboxylic acids is 2. The van der Waals surface area contributed by atoms with Crippen LogP contribution in [-0.4, -0.2) is 18.9 Å². The van der Waals surface area contributed by atoms with Crippen molar-refractivity contribution in [1.82, 2.24) is 0 Å². The molecule has 0 fully saturated rings. The van der Waals surface area contributed by atoms with Crippen LogP contribution in [0.15, 0.2) is 11.4 Å². The molecule has 0 aromatic carbocycles. The maximum Gasteiger partial charge on any atom is 0.348 e. The molecule has 0 bridgehead atoms. The minimum Gasteiger partial charge on any atom is -0.462 e. The van der Waals surface area contributed by atoms with Crippen molar-refractivity contribution < 1.29 is 14.3 Å². The van der Waals surface area contributed by atoms with E-state index >= 15 is 0 Å². The van der Waals surface area contributed by atoms with Gasteiger partial charge in [-0.2, -0.15) is 0 Å². The Morgan fingerprint density at radius 2 is 2.40 bits per heavy atom. The van der Waals surface area contributed by atoms with E-state index < -0.39 is 0 Å². The zero-order chi connectivity index (χ0) is 10.8. The van der Waals surface area contributed by atoms with Gasteiger partial charge >= 0.3 is 5.97 Å². The monoisotopic (exact) mass is 240 g/mol. The lowest BCUT2D eigenvalue weighted by molar-refractivity contribution is 0.0532. The molecular weight excluding hydrogens is 232 g/mol. The van der Waals surface area contributed by atoms with E-state index in [4.69, 9.17) is 4.74 Å². The van der Waals surface area contributed by atoms with Crippen molar-refractivity contribution in [1.29, 1.82) is 0 Å². The zero-order valence-electron chi connectivity index (χ0n) is 7.98. The fourth-order valence-electron chi connectivity index (χ4n) is 1.26. The Hall–Kier alpha value is -1.20. The summed E-state index contributed by atoms with van der Waals surface area (Å²) in [6.07, 6.45) is 0.814. The first-order chi connectivity index (χ1) is 7.26. The molecule has 5 heteroatoms. The second-order valence-electron chi connectivity index (χ2n) is 2.83. The minimum absolute atomic E-state index is 0.319. The van der Waals surface area contributed by atoms with Gasteiger partial charge in [-0.15, -0.1) is 22.7 Å². The van der Waals surface area contributed by atoms with Crippen LogP contribution in [-0.2, 0) is 4.74 Å². The quantitative estimate of drug-likeness (QED) is 0.612. The molecule has 0 aliphatic carbocycles. The Morgan fingerprint density at radius 1 is 1.60 bits per heavy atom. The highest BCUT2D eigenvalue weighted by Crippen LogP contribution is 2.32. The van der Waals surface area contributed by atoms with E-state index in [0.717, 1.165) is 16.4 Å². The summed E-state index contributed by atoms with van der Waals surface area (Å²) in [7, 11) is 0. The first-order valence-electron chi connectivity index (χ1n) is 4.39. The van der Waals surface area contributed by atoms with E-state index in [-0.39, 0.29) is 5.97 Å². The molecule has 0 saturated heterocycles. The van der Waals surface area contributed by atoms with Crippen LogP contribution in [0.1, 0.15) is 26.3 Å². The predicted molar refractivity (Wildman–Crippen MR) is 61.0 cm³/mol. The van der Waals surface area contributed by atoms with Crippen molar-refractivity contribution in [3.8, 4) is 0 Å². The van der Waals surface area contributed by atoms with E-state index in [9.17, 15) is 9.59 Å². The minimum atomic E-state index is -0.319. The molecule has 0 radical (unpaired) electrons. The number of aldehydes is 1. The molecular formula is C10H8O3S2. The molecule has 0 spiro atoms. The van der Waals surface area contributed by atoms with Gasteiger partial charge in [0.2, 0.25) is 0 Å². The Kier molecular flexibility index (Phi) is 2.83. The van der Waals surface area contributed by atoms with Gasteiger partial charge in [-0.3, -0.25) is 4.79 Å². The van der Waals surface area contributed by atoms with E-state index in [2.05, 4.69) is 0 Å². The normalized spacial score (nSPS) is 10.5. The van der Waals surface area contributed by atoms with Gasteiger partial charge in [0.05, 0.1) is 11.5 Å². The van der Waals surface area contributed by atoms with Crippen molar-refractivity contribution in [2.24, 2.45) is 0 Å². The summed E-state index contributed by atoms with van der Waals surface area (Å²) in [4.78, 5) is 23.3. The second-order valence-corrected chi connectivity index (χ2v) is 4.82. The largest absolute Gasteiger partial charge is 0.462 e. The summed E-state index contributed by atoms with van der Waals surface area (Å²) in [6.45, 7) is 2.13. The maximum atomic E-state index is 11.4. The van der Waals surface area contributed by atoms with Gasteiger partial charge in [-0.1, -0.05) is 0 Å². The van der Waals surface area contributed by atoms with Crippen LogP contribution in [0.4, 0.5) is 0 Å². The summed E-state index contributed by atoms with van der Waals surface area (Å²) in [5.41, 5.74) is 0.